The van der Waals surface area contributed by atoms with Crippen LogP contribution in [0.3, 0.4) is 0 Å². The molecule has 1 saturated heterocycles. The maximum atomic E-state index is 14.2. The number of ether oxygens (including phenoxy) is 1. The lowest BCUT2D eigenvalue weighted by Gasteiger charge is -2.28. The largest absolute Gasteiger partial charge is 0.480 e. The van der Waals surface area contributed by atoms with Gasteiger partial charge in [-0.2, -0.15) is 0 Å². The summed E-state index contributed by atoms with van der Waals surface area (Å²) in [6.45, 7) is 3.17. The third-order valence-corrected chi connectivity index (χ3v) is 7.07. The number of nitrogens with one attached hydrogen (secondary N) is 2. The van der Waals surface area contributed by atoms with Gasteiger partial charge in [-0.25, -0.2) is 37.1 Å². The first-order valence-corrected chi connectivity index (χ1v) is 12.4. The molecule has 36 heavy (non-hydrogen) atoms. The van der Waals surface area contributed by atoms with Gasteiger partial charge in [-0.05, 0) is 30.3 Å². The first-order valence-electron chi connectivity index (χ1n) is 11.0. The van der Waals surface area contributed by atoms with Gasteiger partial charge in [-0.1, -0.05) is 6.07 Å². The van der Waals surface area contributed by atoms with Crippen LogP contribution in [0.15, 0.2) is 53.8 Å². The van der Waals surface area contributed by atoms with E-state index in [2.05, 4.69) is 29.9 Å². The highest BCUT2D eigenvalue weighted by atomic mass is 32.2. The van der Waals surface area contributed by atoms with Gasteiger partial charge in [-0.15, -0.1) is 0 Å². The van der Waals surface area contributed by atoms with Gasteiger partial charge in [0.15, 0.2) is 10.7 Å². The van der Waals surface area contributed by atoms with Crippen molar-refractivity contribution in [2.75, 3.05) is 42.9 Å². The number of halogens is 2. The Labute approximate surface area is 205 Å². The van der Waals surface area contributed by atoms with E-state index in [0.29, 0.717) is 28.1 Å². The Balaban J connectivity index is 1.56. The number of aromatic nitrogens is 4. The van der Waals surface area contributed by atoms with Crippen LogP contribution in [-0.4, -0.2) is 61.6 Å². The normalized spacial score (nSPS) is 14.1. The zero-order valence-electron chi connectivity index (χ0n) is 19.1. The molecule has 1 fully saturated rings. The molecule has 0 saturated carbocycles. The summed E-state index contributed by atoms with van der Waals surface area (Å²) < 4.78 is 61.4. The molecule has 1 aliphatic heterocycles. The van der Waals surface area contributed by atoms with Crippen LogP contribution in [0, 0.1) is 11.6 Å². The zero-order chi connectivity index (χ0) is 25.3. The van der Waals surface area contributed by atoms with Crippen LogP contribution in [0.5, 0.6) is 5.88 Å². The van der Waals surface area contributed by atoms with E-state index in [-0.39, 0.29) is 11.6 Å². The van der Waals surface area contributed by atoms with Crippen molar-refractivity contribution in [3.8, 4) is 17.1 Å². The number of pyridine rings is 2. The number of sulfonamides is 1. The van der Waals surface area contributed by atoms with Crippen LogP contribution in [0.2, 0.25) is 0 Å². The summed E-state index contributed by atoms with van der Waals surface area (Å²) >= 11 is 0. The average Bonchev–Trinajstić information content (AvgIpc) is 2.88. The van der Waals surface area contributed by atoms with Crippen molar-refractivity contribution in [1.82, 2.24) is 25.3 Å². The van der Waals surface area contributed by atoms with Crippen molar-refractivity contribution >= 4 is 32.6 Å². The topological polar surface area (TPSA) is 122 Å². The molecule has 0 bridgehead atoms. The van der Waals surface area contributed by atoms with E-state index in [9.17, 15) is 17.2 Å². The van der Waals surface area contributed by atoms with Gasteiger partial charge < -0.3 is 15.0 Å². The predicted octanol–water partition coefficient (Wildman–Crippen LogP) is 2.58. The molecule has 4 aromatic rings. The van der Waals surface area contributed by atoms with Crippen molar-refractivity contribution in [3.63, 3.8) is 0 Å². The van der Waals surface area contributed by atoms with Crippen LogP contribution < -0.4 is 19.7 Å². The van der Waals surface area contributed by atoms with Gasteiger partial charge in [0.05, 0.1) is 18.3 Å². The van der Waals surface area contributed by atoms with E-state index < -0.39 is 26.6 Å². The molecule has 1 aliphatic rings. The van der Waals surface area contributed by atoms with Crippen molar-refractivity contribution in [2.45, 2.75) is 4.90 Å². The molecule has 186 valence electrons. The lowest BCUT2D eigenvalue weighted by atomic mass is 10.1. The van der Waals surface area contributed by atoms with Crippen LogP contribution in [-0.2, 0) is 10.0 Å². The average molecular weight is 514 g/mol. The minimum Gasteiger partial charge on any atom is -0.480 e. The third kappa shape index (κ3) is 4.50. The second-order valence-electron chi connectivity index (χ2n) is 7.94. The summed E-state index contributed by atoms with van der Waals surface area (Å²) in [6, 6.07) is 7.74. The summed E-state index contributed by atoms with van der Waals surface area (Å²) in [5, 5.41) is 3.30. The van der Waals surface area contributed by atoms with Crippen molar-refractivity contribution in [1.29, 1.82) is 0 Å². The summed E-state index contributed by atoms with van der Waals surface area (Å²) in [4.78, 5) is 18.7. The fourth-order valence-electron chi connectivity index (χ4n) is 3.96. The van der Waals surface area contributed by atoms with Crippen molar-refractivity contribution < 1.29 is 21.9 Å². The van der Waals surface area contributed by atoms with Crippen LogP contribution in [0.4, 0.5) is 20.3 Å². The summed E-state index contributed by atoms with van der Waals surface area (Å²) in [7, 11) is -3.33. The van der Waals surface area contributed by atoms with Crippen LogP contribution in [0.1, 0.15) is 0 Å². The highest BCUT2D eigenvalue weighted by molar-refractivity contribution is 7.92. The Morgan fingerprint density at radius 2 is 1.81 bits per heavy atom. The van der Waals surface area contributed by atoms with Gasteiger partial charge >= 0.3 is 0 Å². The highest BCUT2D eigenvalue weighted by Crippen LogP contribution is 2.32. The van der Waals surface area contributed by atoms with Crippen LogP contribution in [0.25, 0.3) is 22.3 Å². The zero-order valence-corrected chi connectivity index (χ0v) is 19.9. The molecular formula is C23H21F2N7O3S. The second kappa shape index (κ2) is 9.59. The molecule has 0 atom stereocenters. The maximum absolute atomic E-state index is 14.2. The smallest absolute Gasteiger partial charge is 0.267 e. The number of hydrogen-bond acceptors (Lipinski definition) is 9. The molecule has 0 unspecified atom stereocenters. The predicted molar refractivity (Wildman–Crippen MR) is 129 cm³/mol. The lowest BCUT2D eigenvalue weighted by Crippen LogP contribution is -2.44. The number of piperazine rings is 1. The number of nitrogens with zero attached hydrogens (tertiary/aromatic N) is 5. The van der Waals surface area contributed by atoms with E-state index in [1.807, 2.05) is 0 Å². The quantitative estimate of drug-likeness (QED) is 0.401. The molecule has 5 rings (SSSR count). The third-order valence-electron chi connectivity index (χ3n) is 5.65. The fraction of sp³-hybridized carbons (Fsp3) is 0.217. The molecule has 0 radical (unpaired) electrons. The lowest BCUT2D eigenvalue weighted by molar-refractivity contribution is 0.400. The Hall–Kier alpha value is -3.97. The van der Waals surface area contributed by atoms with Crippen LogP contribution >= 0.6 is 0 Å². The monoisotopic (exact) mass is 513 g/mol. The molecule has 3 aromatic heterocycles. The van der Waals surface area contributed by atoms with Gasteiger partial charge in [-0.3, -0.25) is 4.72 Å². The van der Waals surface area contributed by atoms with Gasteiger partial charge in [0, 0.05) is 37.9 Å². The van der Waals surface area contributed by atoms with Crippen molar-refractivity contribution in [2.24, 2.45) is 0 Å². The van der Waals surface area contributed by atoms with E-state index in [1.54, 1.807) is 12.1 Å². The molecule has 13 heteroatoms. The minimum absolute atomic E-state index is 0.0790. The highest BCUT2D eigenvalue weighted by Gasteiger charge is 2.26. The number of fused-ring (bicyclic) bond motifs is 1. The van der Waals surface area contributed by atoms with E-state index >= 15 is 0 Å². The van der Waals surface area contributed by atoms with Gasteiger partial charge in [0.1, 0.15) is 29.2 Å². The van der Waals surface area contributed by atoms with E-state index in [4.69, 9.17) is 9.72 Å². The molecule has 1 aromatic carbocycles. The Morgan fingerprint density at radius 1 is 1.06 bits per heavy atom. The standard InChI is InChI=1S/C23H21F2N7O3S/c1-35-23-19(31-36(33,34)21-15(24)3-2-4-16(21)25)11-14(12-27-23)17-5-6-18-20(30-17)22(29-13-28-18)32-9-7-26-8-10-32/h2-6,11-13,26,31H,7-10H2,1H3. The molecular weight excluding hydrogens is 492 g/mol. The summed E-state index contributed by atoms with van der Waals surface area (Å²) in [5.74, 6) is -1.82. The molecule has 10 nitrogen and oxygen atoms in total. The number of hydrogen-bond donors (Lipinski definition) is 2. The molecule has 4 heterocycles. The Bertz CT molecular complexity index is 1530. The number of benzene rings is 1. The van der Waals surface area contributed by atoms with Gasteiger partial charge in [0.2, 0.25) is 5.88 Å². The number of methoxy groups -OCH3 is 1. The second-order valence-corrected chi connectivity index (χ2v) is 9.55. The summed E-state index contributed by atoms with van der Waals surface area (Å²) in [6.07, 6.45) is 2.95. The fourth-order valence-corrected chi connectivity index (χ4v) is 5.15. The first kappa shape index (κ1) is 23.8. The molecule has 0 aliphatic carbocycles. The Kier molecular flexibility index (Phi) is 6.33. The summed E-state index contributed by atoms with van der Waals surface area (Å²) in [5.41, 5.74) is 2.05. The van der Waals surface area contributed by atoms with Crippen molar-refractivity contribution in [3.05, 3.63) is 60.6 Å². The maximum Gasteiger partial charge on any atom is 0.267 e. The molecule has 0 spiro atoms. The first-order chi connectivity index (χ1) is 17.4. The van der Waals surface area contributed by atoms with E-state index in [1.165, 1.54) is 25.7 Å². The van der Waals surface area contributed by atoms with E-state index in [0.717, 1.165) is 44.4 Å². The molecule has 2 N–H and O–H groups in total. The molecule has 0 amide bonds. The Morgan fingerprint density at radius 3 is 2.53 bits per heavy atom. The SMILES string of the molecule is COc1ncc(-c2ccc3ncnc(N4CCNCC4)c3n2)cc1NS(=O)(=O)c1c(F)cccc1F. The van der Waals surface area contributed by atoms with Gasteiger partial charge in [0.25, 0.3) is 10.0 Å². The minimum atomic E-state index is -4.64. The number of rotatable bonds is 6. The number of anilines is 2.